The molecule has 0 radical (unpaired) electrons. The molecule has 2 aromatic heterocycles. The maximum absolute atomic E-state index is 11.9. The third-order valence-electron chi connectivity index (χ3n) is 4.76. The molecule has 2 aromatic carbocycles. The predicted molar refractivity (Wildman–Crippen MR) is 125 cm³/mol. The summed E-state index contributed by atoms with van der Waals surface area (Å²) in [7, 11) is 1.34. The van der Waals surface area contributed by atoms with Crippen molar-refractivity contribution < 1.29 is 14.3 Å². The van der Waals surface area contributed by atoms with Gasteiger partial charge in [0.1, 0.15) is 22.7 Å². The molecule has 0 fully saturated rings. The van der Waals surface area contributed by atoms with Crippen molar-refractivity contribution in [1.29, 1.82) is 0 Å². The standard InChI is InChI=1S/C23H20ClN3O3S/c1-4-30-16-8-5-14(6-9-16)19-13(2)31-22-20(19)21(25-12-26-22)27-18-11-15(23(28)29-3)7-10-17(18)24/h5-12H,4H2,1-3H3,(H,25,26,27). The number of benzene rings is 2. The molecule has 0 aliphatic rings. The maximum Gasteiger partial charge on any atom is 0.337 e. The Balaban J connectivity index is 1.81. The first kappa shape index (κ1) is 21.1. The average Bonchev–Trinajstić information content (AvgIpc) is 3.12. The van der Waals surface area contributed by atoms with Crippen LogP contribution in [0.1, 0.15) is 22.2 Å². The van der Waals surface area contributed by atoms with E-state index in [0.29, 0.717) is 28.7 Å². The van der Waals surface area contributed by atoms with Crippen molar-refractivity contribution in [1.82, 2.24) is 9.97 Å². The number of ether oxygens (including phenoxy) is 2. The highest BCUT2D eigenvalue weighted by atomic mass is 35.5. The molecule has 0 aliphatic carbocycles. The second-order valence-corrected chi connectivity index (χ2v) is 8.31. The largest absolute Gasteiger partial charge is 0.494 e. The van der Waals surface area contributed by atoms with E-state index in [9.17, 15) is 4.79 Å². The molecule has 0 amide bonds. The summed E-state index contributed by atoms with van der Waals surface area (Å²) in [6.07, 6.45) is 1.51. The number of nitrogens with zero attached hydrogens (tertiary/aromatic N) is 2. The number of carbonyl (C=O) groups excluding carboxylic acids is 1. The van der Waals surface area contributed by atoms with E-state index in [2.05, 4.69) is 22.2 Å². The molecule has 8 heteroatoms. The van der Waals surface area contributed by atoms with Gasteiger partial charge in [0.15, 0.2) is 0 Å². The number of nitrogens with one attached hydrogen (secondary N) is 1. The summed E-state index contributed by atoms with van der Waals surface area (Å²) in [4.78, 5) is 22.8. The third-order valence-corrected chi connectivity index (χ3v) is 6.10. The van der Waals surface area contributed by atoms with E-state index in [1.807, 2.05) is 31.2 Å². The second-order valence-electron chi connectivity index (χ2n) is 6.70. The molecular formula is C23H20ClN3O3S. The Morgan fingerprint density at radius 1 is 1.16 bits per heavy atom. The Kier molecular flexibility index (Phi) is 6.06. The number of aromatic nitrogens is 2. The quantitative estimate of drug-likeness (QED) is 0.348. The Morgan fingerprint density at radius 2 is 1.94 bits per heavy atom. The van der Waals surface area contributed by atoms with Crippen LogP contribution in [0, 0.1) is 6.92 Å². The van der Waals surface area contributed by atoms with Crippen LogP contribution in [-0.2, 0) is 4.74 Å². The Morgan fingerprint density at radius 3 is 2.65 bits per heavy atom. The van der Waals surface area contributed by atoms with Crippen LogP contribution in [0.3, 0.4) is 0 Å². The molecule has 0 spiro atoms. The van der Waals surface area contributed by atoms with Gasteiger partial charge < -0.3 is 14.8 Å². The minimum absolute atomic E-state index is 0.396. The summed E-state index contributed by atoms with van der Waals surface area (Å²) in [5.74, 6) is 1.00. The molecule has 0 aliphatic heterocycles. The minimum Gasteiger partial charge on any atom is -0.494 e. The number of hydrogen-bond donors (Lipinski definition) is 1. The molecule has 4 aromatic rings. The highest BCUT2D eigenvalue weighted by molar-refractivity contribution is 7.19. The summed E-state index contributed by atoms with van der Waals surface area (Å²) in [6.45, 7) is 4.64. The van der Waals surface area contributed by atoms with Crippen molar-refractivity contribution in [3.05, 3.63) is 64.3 Å². The number of anilines is 2. The molecule has 6 nitrogen and oxygen atoms in total. The van der Waals surface area contributed by atoms with Crippen LogP contribution < -0.4 is 10.1 Å². The Bertz CT molecular complexity index is 1260. The van der Waals surface area contributed by atoms with E-state index < -0.39 is 5.97 Å². The zero-order chi connectivity index (χ0) is 22.0. The van der Waals surface area contributed by atoms with Gasteiger partial charge in [-0.15, -0.1) is 11.3 Å². The van der Waals surface area contributed by atoms with Gasteiger partial charge in [0, 0.05) is 10.4 Å². The molecule has 31 heavy (non-hydrogen) atoms. The molecular weight excluding hydrogens is 434 g/mol. The van der Waals surface area contributed by atoms with Gasteiger partial charge >= 0.3 is 5.97 Å². The van der Waals surface area contributed by atoms with Crippen LogP contribution in [0.25, 0.3) is 21.3 Å². The van der Waals surface area contributed by atoms with E-state index in [1.54, 1.807) is 29.5 Å². The smallest absolute Gasteiger partial charge is 0.337 e. The van der Waals surface area contributed by atoms with E-state index in [4.69, 9.17) is 21.1 Å². The van der Waals surface area contributed by atoms with Gasteiger partial charge in [-0.25, -0.2) is 14.8 Å². The fourth-order valence-electron chi connectivity index (χ4n) is 3.36. The van der Waals surface area contributed by atoms with Gasteiger partial charge in [-0.05, 0) is 49.7 Å². The van der Waals surface area contributed by atoms with Crippen molar-refractivity contribution in [3.63, 3.8) is 0 Å². The number of fused-ring (bicyclic) bond motifs is 1. The van der Waals surface area contributed by atoms with Crippen LogP contribution in [0.15, 0.2) is 48.8 Å². The van der Waals surface area contributed by atoms with E-state index in [-0.39, 0.29) is 0 Å². The molecule has 158 valence electrons. The van der Waals surface area contributed by atoms with Crippen molar-refractivity contribution >= 4 is 50.6 Å². The monoisotopic (exact) mass is 453 g/mol. The first-order chi connectivity index (χ1) is 15.0. The molecule has 0 saturated carbocycles. The van der Waals surface area contributed by atoms with Crippen LogP contribution >= 0.6 is 22.9 Å². The van der Waals surface area contributed by atoms with Crippen LogP contribution in [0.4, 0.5) is 11.5 Å². The number of aryl methyl sites for hydroxylation is 1. The summed E-state index contributed by atoms with van der Waals surface area (Å²) >= 11 is 7.98. The normalized spacial score (nSPS) is 10.8. The van der Waals surface area contributed by atoms with Crippen molar-refractivity contribution in [2.75, 3.05) is 19.0 Å². The summed E-state index contributed by atoms with van der Waals surface area (Å²) in [5.41, 5.74) is 3.05. The van der Waals surface area contributed by atoms with Gasteiger partial charge in [0.05, 0.1) is 35.4 Å². The molecule has 2 heterocycles. The Hall–Kier alpha value is -3.16. The van der Waals surface area contributed by atoms with E-state index >= 15 is 0 Å². The van der Waals surface area contributed by atoms with Crippen molar-refractivity contribution in [3.8, 4) is 16.9 Å². The number of thiophene rings is 1. The minimum atomic E-state index is -0.436. The lowest BCUT2D eigenvalue weighted by Crippen LogP contribution is -2.03. The van der Waals surface area contributed by atoms with Crippen molar-refractivity contribution in [2.45, 2.75) is 13.8 Å². The molecule has 0 atom stereocenters. The number of hydrogen-bond acceptors (Lipinski definition) is 7. The molecule has 0 unspecified atom stereocenters. The number of carbonyl (C=O) groups is 1. The first-order valence-electron chi connectivity index (χ1n) is 9.64. The Labute approximate surface area is 188 Å². The maximum atomic E-state index is 11.9. The van der Waals surface area contributed by atoms with Gasteiger partial charge in [-0.2, -0.15) is 0 Å². The zero-order valence-corrected chi connectivity index (χ0v) is 18.8. The van der Waals surface area contributed by atoms with Crippen LogP contribution in [-0.4, -0.2) is 29.7 Å². The van der Waals surface area contributed by atoms with E-state index in [1.165, 1.54) is 13.4 Å². The first-order valence-corrected chi connectivity index (χ1v) is 10.8. The summed E-state index contributed by atoms with van der Waals surface area (Å²) < 4.78 is 10.4. The number of halogens is 1. The number of methoxy groups -OCH3 is 1. The molecule has 0 saturated heterocycles. The summed E-state index contributed by atoms with van der Waals surface area (Å²) in [5, 5.41) is 4.64. The highest BCUT2D eigenvalue weighted by Gasteiger charge is 2.18. The molecule has 4 rings (SSSR count). The fourth-order valence-corrected chi connectivity index (χ4v) is 4.54. The number of rotatable bonds is 6. The number of esters is 1. The van der Waals surface area contributed by atoms with Gasteiger partial charge in [0.2, 0.25) is 0 Å². The van der Waals surface area contributed by atoms with Crippen molar-refractivity contribution in [2.24, 2.45) is 0 Å². The lowest BCUT2D eigenvalue weighted by Gasteiger charge is -2.12. The SMILES string of the molecule is CCOc1ccc(-c2c(C)sc3ncnc(Nc4cc(C(=O)OC)ccc4Cl)c23)cc1. The van der Waals surface area contributed by atoms with Gasteiger partial charge in [-0.3, -0.25) is 0 Å². The summed E-state index contributed by atoms with van der Waals surface area (Å²) in [6, 6.07) is 12.9. The fraction of sp³-hybridized carbons (Fsp3) is 0.174. The lowest BCUT2D eigenvalue weighted by molar-refractivity contribution is 0.0601. The average molecular weight is 454 g/mol. The topological polar surface area (TPSA) is 73.3 Å². The zero-order valence-electron chi connectivity index (χ0n) is 17.2. The lowest BCUT2D eigenvalue weighted by atomic mass is 10.0. The van der Waals surface area contributed by atoms with Crippen LogP contribution in [0.5, 0.6) is 5.75 Å². The molecule has 1 N–H and O–H groups in total. The van der Waals surface area contributed by atoms with E-state index in [0.717, 1.165) is 32.0 Å². The third kappa shape index (κ3) is 4.19. The van der Waals surface area contributed by atoms with Crippen LogP contribution in [0.2, 0.25) is 5.02 Å². The predicted octanol–water partition coefficient (Wildman–Crippen LogP) is 6.25. The van der Waals surface area contributed by atoms with Gasteiger partial charge in [-0.1, -0.05) is 23.7 Å². The van der Waals surface area contributed by atoms with Gasteiger partial charge in [0.25, 0.3) is 0 Å². The highest BCUT2D eigenvalue weighted by Crippen LogP contribution is 2.42. The molecule has 0 bridgehead atoms. The second kappa shape index (κ2) is 8.91.